The highest BCUT2D eigenvalue weighted by Crippen LogP contribution is 2.29. The number of aliphatic hydroxyl groups excluding tert-OH is 1. The van der Waals surface area contributed by atoms with Crippen LogP contribution >= 0.6 is 0 Å². The molecule has 29 heavy (non-hydrogen) atoms. The van der Waals surface area contributed by atoms with Crippen molar-refractivity contribution in [1.29, 1.82) is 0 Å². The average molecular weight is 407 g/mol. The SMILES string of the molecule is Cc1cc(Nc2nccc(C(F)(F)F)n2)cc(-c2cnn(C[C@@H](O)C(=O)O)c2)c1. The lowest BCUT2D eigenvalue weighted by molar-refractivity contribution is -0.147. The van der Waals surface area contributed by atoms with Gasteiger partial charge in [0.15, 0.2) is 6.10 Å². The lowest BCUT2D eigenvalue weighted by Gasteiger charge is -2.10. The van der Waals surface area contributed by atoms with Gasteiger partial charge in [0.2, 0.25) is 5.95 Å². The van der Waals surface area contributed by atoms with Crippen LogP contribution in [-0.4, -0.2) is 42.0 Å². The molecule has 0 saturated heterocycles. The van der Waals surface area contributed by atoms with Gasteiger partial charge in [0.1, 0.15) is 5.69 Å². The van der Waals surface area contributed by atoms with Gasteiger partial charge in [-0.15, -0.1) is 0 Å². The number of alkyl halides is 3. The van der Waals surface area contributed by atoms with Gasteiger partial charge in [-0.2, -0.15) is 18.3 Å². The first-order chi connectivity index (χ1) is 13.6. The van der Waals surface area contributed by atoms with Crippen LogP contribution < -0.4 is 5.32 Å². The molecule has 0 saturated carbocycles. The molecule has 1 atom stereocenters. The number of hydrogen-bond donors (Lipinski definition) is 3. The Morgan fingerprint density at radius 3 is 2.72 bits per heavy atom. The van der Waals surface area contributed by atoms with Gasteiger partial charge in [0.25, 0.3) is 0 Å². The summed E-state index contributed by atoms with van der Waals surface area (Å²) in [4.78, 5) is 18.0. The van der Waals surface area contributed by atoms with E-state index in [1.807, 2.05) is 6.07 Å². The molecule has 0 spiro atoms. The van der Waals surface area contributed by atoms with Gasteiger partial charge in [-0.3, -0.25) is 4.68 Å². The number of carboxylic acids is 1. The summed E-state index contributed by atoms with van der Waals surface area (Å²) in [6, 6.07) is 6.00. The van der Waals surface area contributed by atoms with Gasteiger partial charge in [0.05, 0.1) is 12.7 Å². The number of aromatic nitrogens is 4. The average Bonchev–Trinajstić information content (AvgIpc) is 3.09. The quantitative estimate of drug-likeness (QED) is 0.576. The summed E-state index contributed by atoms with van der Waals surface area (Å²) in [6.45, 7) is 1.59. The van der Waals surface area contributed by atoms with Crippen molar-refractivity contribution in [3.8, 4) is 11.1 Å². The fourth-order valence-corrected chi connectivity index (χ4v) is 2.60. The second kappa shape index (κ2) is 7.87. The topological polar surface area (TPSA) is 113 Å². The maximum Gasteiger partial charge on any atom is 0.433 e. The highest BCUT2D eigenvalue weighted by Gasteiger charge is 2.32. The summed E-state index contributed by atoms with van der Waals surface area (Å²) in [5.74, 6) is -1.55. The Hall–Kier alpha value is -3.47. The standard InChI is InChI=1S/C18H16F3N5O3/c1-10-4-11(12-7-23-26(8-12)9-14(27)16(28)29)6-13(5-10)24-17-22-3-2-15(25-17)18(19,20)21/h2-8,14,27H,9H2,1H3,(H,28,29)(H,22,24,25)/t14-/m1/s1. The minimum atomic E-state index is -4.58. The molecule has 0 bridgehead atoms. The highest BCUT2D eigenvalue weighted by molar-refractivity contribution is 5.72. The van der Waals surface area contributed by atoms with Crippen LogP contribution in [0.25, 0.3) is 11.1 Å². The van der Waals surface area contributed by atoms with E-state index in [9.17, 15) is 23.1 Å². The van der Waals surface area contributed by atoms with Crippen LogP contribution in [0.2, 0.25) is 0 Å². The molecular weight excluding hydrogens is 391 g/mol. The van der Waals surface area contributed by atoms with Crippen LogP contribution in [0.4, 0.5) is 24.8 Å². The van der Waals surface area contributed by atoms with Crippen molar-refractivity contribution in [2.75, 3.05) is 5.32 Å². The van der Waals surface area contributed by atoms with Gasteiger partial charge >= 0.3 is 12.1 Å². The molecule has 1 aromatic carbocycles. The molecule has 2 heterocycles. The van der Waals surface area contributed by atoms with Crippen molar-refractivity contribution in [2.45, 2.75) is 25.7 Å². The van der Waals surface area contributed by atoms with Crippen molar-refractivity contribution >= 4 is 17.6 Å². The monoisotopic (exact) mass is 407 g/mol. The third-order valence-corrected chi connectivity index (χ3v) is 3.89. The molecule has 3 rings (SSSR count). The van der Waals surface area contributed by atoms with Crippen molar-refractivity contribution in [1.82, 2.24) is 19.7 Å². The van der Waals surface area contributed by atoms with E-state index in [1.54, 1.807) is 25.3 Å². The zero-order valence-electron chi connectivity index (χ0n) is 15.1. The number of aryl methyl sites for hydroxylation is 1. The summed E-state index contributed by atoms with van der Waals surface area (Å²) in [5, 5.41) is 25.0. The van der Waals surface area contributed by atoms with E-state index in [1.165, 1.54) is 10.9 Å². The summed E-state index contributed by atoms with van der Waals surface area (Å²) >= 11 is 0. The number of carbonyl (C=O) groups is 1. The predicted octanol–water partition coefficient (Wildman–Crippen LogP) is 2.86. The van der Waals surface area contributed by atoms with E-state index >= 15 is 0 Å². The molecule has 0 aliphatic heterocycles. The van der Waals surface area contributed by atoms with Crippen molar-refractivity contribution < 1.29 is 28.2 Å². The molecule has 8 nitrogen and oxygen atoms in total. The molecule has 0 fully saturated rings. The lowest BCUT2D eigenvalue weighted by Crippen LogP contribution is -2.25. The number of aliphatic hydroxyl groups is 1. The Morgan fingerprint density at radius 1 is 1.28 bits per heavy atom. The van der Waals surface area contributed by atoms with Crippen LogP contribution in [0.1, 0.15) is 11.3 Å². The molecule has 152 valence electrons. The second-order valence-electron chi connectivity index (χ2n) is 6.28. The summed E-state index contributed by atoms with van der Waals surface area (Å²) in [7, 11) is 0. The van der Waals surface area contributed by atoms with Crippen LogP contribution in [0.3, 0.4) is 0 Å². The number of benzene rings is 1. The van der Waals surface area contributed by atoms with Gasteiger partial charge in [-0.05, 0) is 36.2 Å². The maximum atomic E-state index is 12.8. The normalized spacial score (nSPS) is 12.6. The summed E-state index contributed by atoms with van der Waals surface area (Å²) in [5.41, 5.74) is 1.56. The molecule has 0 radical (unpaired) electrons. The van der Waals surface area contributed by atoms with E-state index < -0.39 is 23.9 Å². The molecule has 11 heteroatoms. The van der Waals surface area contributed by atoms with Crippen molar-refractivity contribution in [2.24, 2.45) is 0 Å². The number of anilines is 2. The Kier molecular flexibility index (Phi) is 5.50. The summed E-state index contributed by atoms with van der Waals surface area (Å²) < 4.78 is 39.7. The largest absolute Gasteiger partial charge is 0.479 e. The van der Waals surface area contributed by atoms with E-state index in [-0.39, 0.29) is 12.5 Å². The Morgan fingerprint density at radius 2 is 2.03 bits per heavy atom. The maximum absolute atomic E-state index is 12.8. The van der Waals surface area contributed by atoms with Crippen LogP contribution in [-0.2, 0) is 17.5 Å². The van der Waals surface area contributed by atoms with Gasteiger partial charge in [-0.25, -0.2) is 14.8 Å². The smallest absolute Gasteiger partial charge is 0.433 e. The van der Waals surface area contributed by atoms with Crippen LogP contribution in [0.5, 0.6) is 0 Å². The van der Waals surface area contributed by atoms with E-state index in [4.69, 9.17) is 5.11 Å². The van der Waals surface area contributed by atoms with Crippen LogP contribution in [0, 0.1) is 6.92 Å². The zero-order valence-corrected chi connectivity index (χ0v) is 15.1. The minimum absolute atomic E-state index is 0.198. The zero-order chi connectivity index (χ0) is 21.2. The summed E-state index contributed by atoms with van der Waals surface area (Å²) in [6.07, 6.45) is -2.09. The number of aliphatic carboxylic acids is 1. The number of nitrogens with zero attached hydrogens (tertiary/aromatic N) is 4. The third-order valence-electron chi connectivity index (χ3n) is 3.89. The Bertz CT molecular complexity index is 1040. The molecule has 0 amide bonds. The van der Waals surface area contributed by atoms with Crippen molar-refractivity contribution in [3.05, 3.63) is 54.1 Å². The van der Waals surface area contributed by atoms with Gasteiger partial charge < -0.3 is 15.5 Å². The third kappa shape index (κ3) is 5.08. The molecule has 0 unspecified atom stereocenters. The van der Waals surface area contributed by atoms with E-state index in [0.717, 1.165) is 17.8 Å². The fraction of sp³-hybridized carbons (Fsp3) is 0.222. The minimum Gasteiger partial charge on any atom is -0.479 e. The first-order valence-electron chi connectivity index (χ1n) is 8.34. The first-order valence-corrected chi connectivity index (χ1v) is 8.34. The molecule has 3 aromatic rings. The van der Waals surface area contributed by atoms with Gasteiger partial charge in [-0.1, -0.05) is 6.07 Å². The fourth-order valence-electron chi connectivity index (χ4n) is 2.60. The predicted molar refractivity (Wildman–Crippen MR) is 96.4 cm³/mol. The molecule has 2 aromatic heterocycles. The van der Waals surface area contributed by atoms with Gasteiger partial charge in [0, 0.05) is 23.6 Å². The van der Waals surface area contributed by atoms with Crippen LogP contribution in [0.15, 0.2) is 42.9 Å². The molecule has 0 aliphatic carbocycles. The molecular formula is C18H16F3N5O3. The molecule has 3 N–H and O–H groups in total. The Balaban J connectivity index is 1.84. The van der Waals surface area contributed by atoms with E-state index in [2.05, 4.69) is 20.4 Å². The van der Waals surface area contributed by atoms with Crippen molar-refractivity contribution in [3.63, 3.8) is 0 Å². The Labute approximate surface area is 162 Å². The highest BCUT2D eigenvalue weighted by atomic mass is 19.4. The molecule has 0 aliphatic rings. The number of hydrogen-bond acceptors (Lipinski definition) is 6. The second-order valence-corrected chi connectivity index (χ2v) is 6.28. The number of rotatable bonds is 6. The number of carboxylic acid groups (broad SMARTS) is 1. The lowest BCUT2D eigenvalue weighted by atomic mass is 10.1. The number of halogens is 3. The van der Waals surface area contributed by atoms with E-state index in [0.29, 0.717) is 16.8 Å². The number of nitrogens with one attached hydrogen (secondary N) is 1. The first kappa shape index (κ1) is 20.3.